The summed E-state index contributed by atoms with van der Waals surface area (Å²) < 4.78 is 24.8. The SMILES string of the molecule is CCC(=O)OC(C1C[C@@H](C)[C@H]2C(O1)[C@H](O)[C@@]1(C)C3CC[C@H]4C(C)(C)C(O[C@@H]5OC[C@@H](O)[C@H](O)[C@H]5O)CC[C@@]45C[C@@]35CC[C@]21C)C(C)(C)O. The van der Waals surface area contributed by atoms with Crippen LogP contribution in [0.25, 0.3) is 0 Å². The third kappa shape index (κ3) is 4.61. The predicted molar refractivity (Wildman–Crippen MR) is 175 cm³/mol. The Bertz CT molecular complexity index is 1270. The summed E-state index contributed by atoms with van der Waals surface area (Å²) in [4.78, 5) is 12.4. The number of ether oxygens (including phenoxy) is 4. The lowest BCUT2D eigenvalue weighted by molar-refractivity contribution is -0.303. The number of hydrogen-bond acceptors (Lipinski definition) is 10. The normalized spacial score (nSPS) is 54.5. The van der Waals surface area contributed by atoms with E-state index in [1.54, 1.807) is 20.8 Å². The smallest absolute Gasteiger partial charge is 0.305 e. The van der Waals surface area contributed by atoms with E-state index in [1.165, 1.54) is 6.42 Å². The Morgan fingerprint density at radius 1 is 0.958 bits per heavy atom. The Hall–Kier alpha value is -0.850. The molecule has 5 unspecified atom stereocenters. The van der Waals surface area contributed by atoms with E-state index in [0.29, 0.717) is 18.3 Å². The van der Waals surface area contributed by atoms with Gasteiger partial charge in [-0.25, -0.2) is 0 Å². The summed E-state index contributed by atoms with van der Waals surface area (Å²) in [6, 6.07) is 0. The zero-order valence-corrected chi connectivity index (χ0v) is 30.4. The Balaban J connectivity index is 1.14. The number of hydrogen-bond donors (Lipinski definition) is 5. The maximum absolute atomic E-state index is 12.6. The molecule has 0 amide bonds. The van der Waals surface area contributed by atoms with Gasteiger partial charge in [-0.05, 0) is 111 Å². The first-order valence-electron chi connectivity index (χ1n) is 18.9. The van der Waals surface area contributed by atoms with Crippen molar-refractivity contribution >= 4 is 5.97 Å². The summed E-state index contributed by atoms with van der Waals surface area (Å²) in [6.07, 6.45) is 0.945. The van der Waals surface area contributed by atoms with Crippen molar-refractivity contribution in [2.75, 3.05) is 6.61 Å². The van der Waals surface area contributed by atoms with Gasteiger partial charge in [0, 0.05) is 11.8 Å². The van der Waals surface area contributed by atoms with Gasteiger partial charge in [-0.2, -0.15) is 0 Å². The zero-order valence-electron chi connectivity index (χ0n) is 30.4. The molecule has 274 valence electrons. The zero-order chi connectivity index (χ0) is 35.0. The summed E-state index contributed by atoms with van der Waals surface area (Å²) in [5.74, 6) is 0.804. The van der Waals surface area contributed by atoms with Gasteiger partial charge in [-0.15, -0.1) is 0 Å². The minimum Gasteiger partial charge on any atom is -0.457 e. The predicted octanol–water partition coefficient (Wildman–Crippen LogP) is 3.72. The molecule has 5 saturated carbocycles. The van der Waals surface area contributed by atoms with Crippen molar-refractivity contribution in [1.82, 2.24) is 0 Å². The fourth-order valence-electron chi connectivity index (χ4n) is 13.7. The van der Waals surface area contributed by atoms with Gasteiger partial charge in [0.15, 0.2) is 12.4 Å². The second-order valence-electron chi connectivity index (χ2n) is 18.8. The second kappa shape index (κ2) is 11.3. The molecule has 0 aromatic heterocycles. The van der Waals surface area contributed by atoms with E-state index in [2.05, 4.69) is 34.6 Å². The maximum atomic E-state index is 12.6. The van der Waals surface area contributed by atoms with Crippen molar-refractivity contribution in [2.45, 2.75) is 174 Å². The molecule has 2 aliphatic heterocycles. The number of carbonyl (C=O) groups is 1. The summed E-state index contributed by atoms with van der Waals surface area (Å²) in [5, 5.41) is 54.5. The van der Waals surface area contributed by atoms with Crippen molar-refractivity contribution in [1.29, 1.82) is 0 Å². The lowest BCUT2D eigenvalue weighted by Gasteiger charge is -2.64. The van der Waals surface area contributed by atoms with Gasteiger partial charge in [0.1, 0.15) is 18.3 Å². The molecule has 0 aromatic rings. The Labute approximate surface area is 286 Å². The molecule has 7 fully saturated rings. The largest absolute Gasteiger partial charge is 0.457 e. The first kappa shape index (κ1) is 35.5. The molecule has 17 atom stereocenters. The third-order valence-electron chi connectivity index (χ3n) is 16.1. The topological polar surface area (TPSA) is 155 Å². The van der Waals surface area contributed by atoms with Crippen molar-refractivity contribution in [3.8, 4) is 0 Å². The lowest BCUT2D eigenvalue weighted by atomic mass is 9.41. The van der Waals surface area contributed by atoms with Crippen LogP contribution in [0, 0.1) is 50.7 Å². The monoisotopic (exact) mass is 678 g/mol. The molecule has 0 bridgehead atoms. The molecule has 7 rings (SSSR count). The molecule has 5 N–H and O–H groups in total. The van der Waals surface area contributed by atoms with Crippen LogP contribution in [0.15, 0.2) is 0 Å². The summed E-state index contributed by atoms with van der Waals surface area (Å²) in [5.41, 5.74) is -1.61. The van der Waals surface area contributed by atoms with Gasteiger partial charge in [0.2, 0.25) is 0 Å². The van der Waals surface area contributed by atoms with Crippen molar-refractivity contribution in [3.63, 3.8) is 0 Å². The molecule has 0 aromatic carbocycles. The standard InChI is InChI=1S/C38H62O10/c1-9-25(40)48-31(34(5,6)44)21-16-19(2)26-29(46-21)30(43)36(8)23-11-10-22-33(3,4)24(47-32-28(42)27(41)20(39)17-45-32)12-13-37(22)18-38(23,37)15-14-35(26,36)7/h19-24,26-32,39,41-44H,9-18H2,1-8H3/t19-,20-,21?,22+,23?,24?,26+,27+,28-,29?,30+,31?,32+,35-,36-,37-,38+/m1/s1. The van der Waals surface area contributed by atoms with Crippen LogP contribution in [0.1, 0.15) is 113 Å². The highest BCUT2D eigenvalue weighted by Gasteiger charge is 2.84. The van der Waals surface area contributed by atoms with Crippen LogP contribution >= 0.6 is 0 Å². The molecular formula is C38H62O10. The van der Waals surface area contributed by atoms with Crippen LogP contribution in [0.4, 0.5) is 0 Å². The molecule has 5 aliphatic carbocycles. The average Bonchev–Trinajstić information content (AvgIpc) is 3.65. The first-order chi connectivity index (χ1) is 22.3. The molecule has 0 radical (unpaired) electrons. The van der Waals surface area contributed by atoms with Gasteiger partial charge in [0.05, 0.1) is 36.6 Å². The summed E-state index contributed by atoms with van der Waals surface area (Å²) in [6.45, 7) is 16.6. The van der Waals surface area contributed by atoms with Gasteiger partial charge >= 0.3 is 5.97 Å². The van der Waals surface area contributed by atoms with Crippen molar-refractivity contribution in [3.05, 3.63) is 0 Å². The third-order valence-corrected chi connectivity index (χ3v) is 16.1. The van der Waals surface area contributed by atoms with Gasteiger partial charge in [-0.1, -0.05) is 41.5 Å². The Morgan fingerprint density at radius 3 is 2.29 bits per heavy atom. The minimum absolute atomic E-state index is 0.0682. The quantitative estimate of drug-likeness (QED) is 0.207. The molecule has 7 aliphatic rings. The van der Waals surface area contributed by atoms with Crippen LogP contribution < -0.4 is 0 Å². The molecule has 2 heterocycles. The van der Waals surface area contributed by atoms with Gasteiger partial charge in [0.25, 0.3) is 0 Å². The second-order valence-corrected chi connectivity index (χ2v) is 18.8. The van der Waals surface area contributed by atoms with E-state index in [0.717, 1.165) is 38.5 Å². The fourth-order valence-corrected chi connectivity index (χ4v) is 13.7. The maximum Gasteiger partial charge on any atom is 0.305 e. The van der Waals surface area contributed by atoms with Crippen LogP contribution in [0.3, 0.4) is 0 Å². The van der Waals surface area contributed by atoms with Crippen molar-refractivity contribution in [2.24, 2.45) is 50.7 Å². The molecule has 2 saturated heterocycles. The number of fused-ring (bicyclic) bond motifs is 4. The molecular weight excluding hydrogens is 616 g/mol. The fraction of sp³-hybridized carbons (Fsp3) is 0.974. The number of carbonyl (C=O) groups excluding carboxylic acids is 1. The van der Waals surface area contributed by atoms with Gasteiger partial charge < -0.3 is 44.5 Å². The lowest BCUT2D eigenvalue weighted by Crippen LogP contribution is -2.61. The van der Waals surface area contributed by atoms with E-state index >= 15 is 0 Å². The molecule has 2 spiro atoms. The molecule has 10 nitrogen and oxygen atoms in total. The number of aliphatic hydroxyl groups is 5. The Kier molecular flexibility index (Phi) is 8.39. The number of esters is 1. The summed E-state index contributed by atoms with van der Waals surface area (Å²) in [7, 11) is 0. The van der Waals surface area contributed by atoms with Crippen LogP contribution in [-0.2, 0) is 23.7 Å². The van der Waals surface area contributed by atoms with E-state index in [9.17, 15) is 30.3 Å². The first-order valence-corrected chi connectivity index (χ1v) is 18.9. The average molecular weight is 679 g/mol. The van der Waals surface area contributed by atoms with E-state index in [4.69, 9.17) is 18.9 Å². The Morgan fingerprint density at radius 2 is 1.62 bits per heavy atom. The highest BCUT2D eigenvalue weighted by atomic mass is 16.7. The van der Waals surface area contributed by atoms with E-state index in [-0.39, 0.29) is 64.0 Å². The number of rotatable bonds is 6. The highest BCUT2D eigenvalue weighted by molar-refractivity contribution is 5.69. The molecule has 48 heavy (non-hydrogen) atoms. The van der Waals surface area contributed by atoms with E-state index < -0.39 is 54.6 Å². The highest BCUT2D eigenvalue weighted by Crippen LogP contribution is 2.89. The van der Waals surface area contributed by atoms with Crippen LogP contribution in [0.5, 0.6) is 0 Å². The number of aliphatic hydroxyl groups excluding tert-OH is 4. The van der Waals surface area contributed by atoms with Crippen LogP contribution in [0.2, 0.25) is 0 Å². The van der Waals surface area contributed by atoms with Crippen LogP contribution in [-0.4, -0.2) is 98.8 Å². The van der Waals surface area contributed by atoms with E-state index in [1.807, 2.05) is 0 Å². The minimum atomic E-state index is -1.30. The molecule has 10 heteroatoms. The van der Waals surface area contributed by atoms with Crippen molar-refractivity contribution < 1.29 is 49.3 Å². The summed E-state index contributed by atoms with van der Waals surface area (Å²) >= 11 is 0. The van der Waals surface area contributed by atoms with Gasteiger partial charge in [-0.3, -0.25) is 4.79 Å².